The molecule has 4 heterocycles. The summed E-state index contributed by atoms with van der Waals surface area (Å²) >= 11 is 0. The fourth-order valence-electron chi connectivity index (χ4n) is 6.56. The highest BCUT2D eigenvalue weighted by Crippen LogP contribution is 2.32. The van der Waals surface area contributed by atoms with Gasteiger partial charge in [-0.25, -0.2) is 10.8 Å². The van der Waals surface area contributed by atoms with Crippen LogP contribution in [0.3, 0.4) is 0 Å². The van der Waals surface area contributed by atoms with Crippen molar-refractivity contribution in [2.75, 3.05) is 49.2 Å². The van der Waals surface area contributed by atoms with Crippen LogP contribution < -0.4 is 26.2 Å². The Bertz CT molecular complexity index is 1830. The first-order chi connectivity index (χ1) is 23.7. The third-order valence-corrected chi connectivity index (χ3v) is 9.13. The number of carbonyl (C=O) groups excluding carboxylic acids is 2. The monoisotopic (exact) mass is 663 g/mol. The van der Waals surface area contributed by atoms with Crippen LogP contribution in [0.15, 0.2) is 79.3 Å². The van der Waals surface area contributed by atoms with E-state index >= 15 is 0 Å². The molecule has 0 saturated carbocycles. The second-order valence-electron chi connectivity index (χ2n) is 12.8. The van der Waals surface area contributed by atoms with Crippen molar-refractivity contribution in [2.24, 2.45) is 17.5 Å². The standard InChI is InChI=1S/C37H45N9O3/c1-4-45(31-10-11-33-32(21-31)36(42-41-33)28-7-12-34(40-22-28)49-25(2)3)37(48)29-13-17-43(23-29)24-35(47)44-18-14-27(15-19-44)26-5-8-30(9-6-26)46(39)20-16-38/h5-12,14,16,20-22,25,29H,4,13,15,17-19,23-24,38-39H2,1-3H3,(H,41,42)/b20-16-. The van der Waals surface area contributed by atoms with Crippen LogP contribution in [0, 0.1) is 5.92 Å². The van der Waals surface area contributed by atoms with Gasteiger partial charge in [0, 0.05) is 67.5 Å². The summed E-state index contributed by atoms with van der Waals surface area (Å²) in [7, 11) is 0. The largest absolute Gasteiger partial charge is 0.475 e. The highest BCUT2D eigenvalue weighted by atomic mass is 16.5. The molecule has 256 valence electrons. The van der Waals surface area contributed by atoms with E-state index in [4.69, 9.17) is 16.3 Å². The molecule has 0 aliphatic carbocycles. The topological polar surface area (TPSA) is 150 Å². The molecule has 1 atom stereocenters. The number of amides is 2. The van der Waals surface area contributed by atoms with Gasteiger partial charge in [0.1, 0.15) is 5.69 Å². The number of hydrogen-bond donors (Lipinski definition) is 3. The molecule has 12 nitrogen and oxygen atoms in total. The lowest BCUT2D eigenvalue weighted by atomic mass is 9.99. The molecule has 1 unspecified atom stereocenters. The number of nitrogens with zero attached hydrogens (tertiary/aromatic N) is 6. The Morgan fingerprint density at radius 3 is 2.53 bits per heavy atom. The number of H-pyrrole nitrogens is 1. The molecule has 2 aromatic carbocycles. The Morgan fingerprint density at radius 1 is 1.08 bits per heavy atom. The van der Waals surface area contributed by atoms with Crippen molar-refractivity contribution in [1.82, 2.24) is 25.0 Å². The molecule has 2 amide bonds. The van der Waals surface area contributed by atoms with Crippen LogP contribution in [0.4, 0.5) is 11.4 Å². The number of ether oxygens (including phenoxy) is 1. The molecule has 5 N–H and O–H groups in total. The molecule has 2 aromatic heterocycles. The summed E-state index contributed by atoms with van der Waals surface area (Å²) in [5, 5.41) is 10.0. The van der Waals surface area contributed by atoms with Crippen LogP contribution in [-0.4, -0.2) is 82.2 Å². The molecule has 0 radical (unpaired) electrons. The second-order valence-corrected chi connectivity index (χ2v) is 12.8. The molecule has 12 heteroatoms. The summed E-state index contributed by atoms with van der Waals surface area (Å²) in [4.78, 5) is 37.4. The van der Waals surface area contributed by atoms with Crippen molar-refractivity contribution < 1.29 is 14.3 Å². The van der Waals surface area contributed by atoms with Gasteiger partial charge in [0.15, 0.2) is 0 Å². The Morgan fingerprint density at radius 2 is 1.86 bits per heavy atom. The molecule has 0 spiro atoms. The SMILES string of the molecule is CCN(C(=O)C1CCN(CC(=O)N2CC=C(c3ccc(N(N)/C=C\N)cc3)CC2)C1)c1ccc2[nH]nc(-c3ccc(OC(C)C)nc3)c2c1. The van der Waals surface area contributed by atoms with Gasteiger partial charge in [-0.05, 0) is 87.7 Å². The summed E-state index contributed by atoms with van der Waals surface area (Å²) in [6.45, 7) is 9.28. The Labute approximate surface area is 287 Å². The van der Waals surface area contributed by atoms with Crippen molar-refractivity contribution in [1.29, 1.82) is 0 Å². The van der Waals surface area contributed by atoms with Gasteiger partial charge in [-0.15, -0.1) is 0 Å². The zero-order valence-corrected chi connectivity index (χ0v) is 28.4. The fourth-order valence-corrected chi connectivity index (χ4v) is 6.56. The number of likely N-dealkylation sites (tertiary alicyclic amines) is 1. The number of hydrazine groups is 1. The van der Waals surface area contributed by atoms with Crippen molar-refractivity contribution in [3.8, 4) is 17.1 Å². The third kappa shape index (κ3) is 7.60. The summed E-state index contributed by atoms with van der Waals surface area (Å²) in [5.41, 5.74) is 11.9. The molecule has 2 aliphatic rings. The van der Waals surface area contributed by atoms with Crippen molar-refractivity contribution in [3.05, 3.63) is 84.8 Å². The van der Waals surface area contributed by atoms with E-state index in [-0.39, 0.29) is 23.8 Å². The van der Waals surface area contributed by atoms with Gasteiger partial charge in [-0.2, -0.15) is 5.10 Å². The highest BCUT2D eigenvalue weighted by Gasteiger charge is 2.33. The number of rotatable bonds is 11. The number of hydrogen-bond acceptors (Lipinski definition) is 9. The Kier molecular flexibility index (Phi) is 10.3. The first-order valence-electron chi connectivity index (χ1n) is 16.9. The molecular weight excluding hydrogens is 618 g/mol. The lowest BCUT2D eigenvalue weighted by molar-refractivity contribution is -0.132. The minimum atomic E-state index is -0.175. The summed E-state index contributed by atoms with van der Waals surface area (Å²) in [6, 6.07) is 17.7. The number of carbonyl (C=O) groups is 2. The van der Waals surface area contributed by atoms with Crippen molar-refractivity contribution in [3.63, 3.8) is 0 Å². The van der Waals surface area contributed by atoms with Crippen molar-refractivity contribution in [2.45, 2.75) is 39.7 Å². The molecule has 0 bridgehead atoms. The highest BCUT2D eigenvalue weighted by molar-refractivity contribution is 6.00. The lowest BCUT2D eigenvalue weighted by Gasteiger charge is -2.29. The van der Waals surface area contributed by atoms with E-state index in [0.29, 0.717) is 45.1 Å². The minimum Gasteiger partial charge on any atom is -0.475 e. The number of benzene rings is 2. The minimum absolute atomic E-state index is 0.0399. The number of aromatic nitrogens is 3. The maximum Gasteiger partial charge on any atom is 0.237 e. The Hall–Kier alpha value is -5.20. The van der Waals surface area contributed by atoms with Gasteiger partial charge in [0.25, 0.3) is 0 Å². The average Bonchev–Trinajstić information content (AvgIpc) is 3.76. The van der Waals surface area contributed by atoms with Gasteiger partial charge in [0.2, 0.25) is 17.7 Å². The number of aromatic amines is 1. The van der Waals surface area contributed by atoms with E-state index in [2.05, 4.69) is 26.2 Å². The van der Waals surface area contributed by atoms with Gasteiger partial charge >= 0.3 is 0 Å². The van der Waals surface area contributed by atoms with Crippen LogP contribution in [0.2, 0.25) is 0 Å². The van der Waals surface area contributed by atoms with E-state index in [1.807, 2.05) is 85.2 Å². The van der Waals surface area contributed by atoms with Crippen molar-refractivity contribution >= 4 is 39.7 Å². The molecule has 49 heavy (non-hydrogen) atoms. The normalized spacial score (nSPS) is 16.8. The van der Waals surface area contributed by atoms with Crippen LogP contribution in [0.5, 0.6) is 5.88 Å². The first-order valence-corrected chi connectivity index (χ1v) is 16.9. The third-order valence-electron chi connectivity index (χ3n) is 9.13. The van der Waals surface area contributed by atoms with E-state index in [1.165, 1.54) is 16.8 Å². The zero-order valence-electron chi connectivity index (χ0n) is 28.4. The van der Waals surface area contributed by atoms with E-state index in [0.717, 1.165) is 51.9 Å². The van der Waals surface area contributed by atoms with Gasteiger partial charge in [0.05, 0.1) is 29.8 Å². The number of nitrogens with two attached hydrogens (primary N) is 2. The first kappa shape index (κ1) is 33.7. The maximum absolute atomic E-state index is 13.9. The van der Waals surface area contributed by atoms with Gasteiger partial charge < -0.3 is 20.3 Å². The smallest absolute Gasteiger partial charge is 0.237 e. The molecule has 4 aromatic rings. The zero-order chi connectivity index (χ0) is 34.5. The van der Waals surface area contributed by atoms with E-state index in [1.54, 1.807) is 12.4 Å². The predicted octanol–water partition coefficient (Wildman–Crippen LogP) is 4.51. The molecule has 1 saturated heterocycles. The summed E-state index contributed by atoms with van der Waals surface area (Å²) in [5.74, 6) is 6.51. The van der Waals surface area contributed by atoms with Crippen LogP contribution in [0.25, 0.3) is 27.7 Å². The quantitative estimate of drug-likeness (QED) is 0.156. The molecule has 1 fully saturated rings. The van der Waals surface area contributed by atoms with E-state index in [9.17, 15) is 9.59 Å². The number of nitrogens with one attached hydrogen (secondary N) is 1. The maximum atomic E-state index is 13.9. The average molecular weight is 664 g/mol. The number of pyridine rings is 1. The predicted molar refractivity (Wildman–Crippen MR) is 193 cm³/mol. The molecule has 6 rings (SSSR count). The number of fused-ring (bicyclic) bond motifs is 1. The molecule has 2 aliphatic heterocycles. The van der Waals surface area contributed by atoms with Gasteiger partial charge in [-0.3, -0.25) is 24.6 Å². The van der Waals surface area contributed by atoms with E-state index < -0.39 is 0 Å². The van der Waals surface area contributed by atoms with Gasteiger partial charge in [-0.1, -0.05) is 18.2 Å². The summed E-state index contributed by atoms with van der Waals surface area (Å²) in [6.07, 6.45) is 8.42. The number of anilines is 2. The molecular formula is C37H45N9O3. The fraction of sp³-hybridized carbons (Fsp3) is 0.351. The van der Waals surface area contributed by atoms with Crippen LogP contribution in [0.1, 0.15) is 39.2 Å². The summed E-state index contributed by atoms with van der Waals surface area (Å²) < 4.78 is 5.69. The van der Waals surface area contributed by atoms with Crippen LogP contribution >= 0.6 is 0 Å². The van der Waals surface area contributed by atoms with Crippen LogP contribution in [-0.2, 0) is 9.59 Å². The second kappa shape index (κ2) is 14.9. The Balaban J connectivity index is 1.05. The lowest BCUT2D eigenvalue weighted by Crippen LogP contribution is -2.42.